The molecule has 11 heteroatoms. The molecule has 0 radical (unpaired) electrons. The third-order valence-electron chi connectivity index (χ3n) is 4.16. The minimum atomic E-state index is -3.92. The van der Waals surface area contributed by atoms with Crippen molar-refractivity contribution in [2.45, 2.75) is 30.3 Å². The molecule has 1 fully saturated rings. The number of cyclic esters (lactones) is 2. The van der Waals surface area contributed by atoms with Gasteiger partial charge in [-0.2, -0.15) is 0 Å². The topological polar surface area (TPSA) is 142 Å². The molecule has 0 unspecified atom stereocenters. The zero-order valence-corrected chi connectivity index (χ0v) is 17.3. The predicted octanol–water partition coefficient (Wildman–Crippen LogP) is 2.70. The van der Waals surface area contributed by atoms with E-state index in [4.69, 9.17) is 9.47 Å². The Morgan fingerprint density at radius 2 is 1.68 bits per heavy atom. The van der Waals surface area contributed by atoms with E-state index in [0.717, 1.165) is 18.3 Å². The van der Waals surface area contributed by atoms with Gasteiger partial charge < -0.3 is 14.8 Å². The summed E-state index contributed by atoms with van der Waals surface area (Å²) in [4.78, 5) is 34.3. The van der Waals surface area contributed by atoms with Crippen LogP contribution >= 0.6 is 0 Å². The van der Waals surface area contributed by atoms with E-state index >= 15 is 0 Å². The number of nitrogens with zero attached hydrogens (tertiary/aromatic N) is 1. The van der Waals surface area contributed by atoms with Crippen LogP contribution < -0.4 is 5.32 Å². The standard InChI is InChI=1S/C20H18N2O8S/c1-20(2)29-18(23)17(19(24)30-20)11-21-14-8-15(22(25)26)10-16(9-14)31(27,28)12-13-6-4-3-5-7-13/h3-11,21H,12H2,1-2H3. The van der Waals surface area contributed by atoms with Gasteiger partial charge in [-0.05, 0) is 11.6 Å². The molecule has 31 heavy (non-hydrogen) atoms. The van der Waals surface area contributed by atoms with Gasteiger partial charge in [-0.3, -0.25) is 10.1 Å². The highest BCUT2D eigenvalue weighted by Crippen LogP contribution is 2.27. The summed E-state index contributed by atoms with van der Waals surface area (Å²) in [5, 5.41) is 13.8. The molecule has 3 rings (SSSR count). The molecular formula is C20H18N2O8S. The molecule has 1 aliphatic heterocycles. The van der Waals surface area contributed by atoms with Crippen molar-refractivity contribution in [3.63, 3.8) is 0 Å². The SMILES string of the molecule is CC1(C)OC(=O)C(=CNc2cc([N+](=O)[O-])cc(S(=O)(=O)Cc3ccccc3)c2)C(=O)O1. The molecular weight excluding hydrogens is 428 g/mol. The highest BCUT2D eigenvalue weighted by atomic mass is 32.2. The normalized spacial score (nSPS) is 15.6. The Bertz CT molecular complexity index is 1160. The van der Waals surface area contributed by atoms with E-state index in [1.807, 2.05) is 0 Å². The summed E-state index contributed by atoms with van der Waals surface area (Å²) in [5.41, 5.74) is -0.454. The van der Waals surface area contributed by atoms with Crippen LogP contribution in [-0.4, -0.2) is 31.1 Å². The molecule has 0 aromatic heterocycles. The third kappa shape index (κ3) is 5.25. The molecule has 1 aliphatic rings. The quantitative estimate of drug-likeness (QED) is 0.233. The van der Waals surface area contributed by atoms with Crippen LogP contribution in [0, 0.1) is 10.1 Å². The molecule has 2 aromatic carbocycles. The third-order valence-corrected chi connectivity index (χ3v) is 5.83. The van der Waals surface area contributed by atoms with Crippen LogP contribution in [0.5, 0.6) is 0 Å². The van der Waals surface area contributed by atoms with Gasteiger partial charge in [-0.25, -0.2) is 18.0 Å². The molecule has 1 heterocycles. The Hall–Kier alpha value is -3.73. The zero-order chi connectivity index (χ0) is 22.8. The number of benzene rings is 2. The summed E-state index contributed by atoms with van der Waals surface area (Å²) >= 11 is 0. The van der Waals surface area contributed by atoms with Crippen molar-refractivity contribution in [2.24, 2.45) is 0 Å². The van der Waals surface area contributed by atoms with Crippen LogP contribution in [0.4, 0.5) is 11.4 Å². The minimum absolute atomic E-state index is 0.0150. The van der Waals surface area contributed by atoms with Gasteiger partial charge in [0.25, 0.3) is 11.5 Å². The summed E-state index contributed by atoms with van der Waals surface area (Å²) in [6.07, 6.45) is 0.951. The number of esters is 2. The lowest BCUT2D eigenvalue weighted by Gasteiger charge is -2.29. The van der Waals surface area contributed by atoms with Gasteiger partial charge in [0, 0.05) is 37.9 Å². The summed E-state index contributed by atoms with van der Waals surface area (Å²) in [5.74, 6) is -3.67. The van der Waals surface area contributed by atoms with E-state index in [1.165, 1.54) is 19.9 Å². The van der Waals surface area contributed by atoms with Gasteiger partial charge in [-0.15, -0.1) is 0 Å². The molecule has 0 spiro atoms. The van der Waals surface area contributed by atoms with E-state index in [2.05, 4.69) is 5.32 Å². The second-order valence-electron chi connectivity index (χ2n) is 7.10. The first kappa shape index (κ1) is 22.0. The molecule has 0 amide bonds. The average molecular weight is 446 g/mol. The van der Waals surface area contributed by atoms with Gasteiger partial charge in [0.2, 0.25) is 0 Å². The number of hydrogen-bond donors (Lipinski definition) is 1. The number of rotatable bonds is 6. The van der Waals surface area contributed by atoms with E-state index in [0.29, 0.717) is 5.56 Å². The molecule has 0 bridgehead atoms. The molecule has 0 saturated carbocycles. The Morgan fingerprint density at radius 1 is 1.06 bits per heavy atom. The van der Waals surface area contributed by atoms with E-state index in [-0.39, 0.29) is 16.3 Å². The van der Waals surface area contributed by atoms with Crippen molar-refractivity contribution in [3.05, 3.63) is 76.0 Å². The van der Waals surface area contributed by atoms with Crippen LogP contribution in [-0.2, 0) is 34.7 Å². The molecule has 2 aromatic rings. The number of nitro groups is 1. The second kappa shape index (κ2) is 8.19. The average Bonchev–Trinajstić information content (AvgIpc) is 2.66. The monoisotopic (exact) mass is 446 g/mol. The summed E-state index contributed by atoms with van der Waals surface area (Å²) < 4.78 is 35.5. The fraction of sp³-hybridized carbons (Fsp3) is 0.200. The van der Waals surface area contributed by atoms with Gasteiger partial charge in [0.05, 0.1) is 15.6 Å². The Morgan fingerprint density at radius 3 is 2.26 bits per heavy atom. The van der Waals surface area contributed by atoms with Crippen LogP contribution in [0.3, 0.4) is 0 Å². The maximum Gasteiger partial charge on any atom is 0.350 e. The van der Waals surface area contributed by atoms with Gasteiger partial charge in [0.15, 0.2) is 15.4 Å². The van der Waals surface area contributed by atoms with Crippen molar-refractivity contribution in [1.29, 1.82) is 0 Å². The van der Waals surface area contributed by atoms with Gasteiger partial charge in [-0.1, -0.05) is 30.3 Å². The van der Waals surface area contributed by atoms with E-state index < -0.39 is 43.7 Å². The zero-order valence-electron chi connectivity index (χ0n) is 16.5. The lowest BCUT2D eigenvalue weighted by molar-refractivity contribution is -0.385. The smallest absolute Gasteiger partial charge is 0.350 e. The highest BCUT2D eigenvalue weighted by molar-refractivity contribution is 7.90. The lowest BCUT2D eigenvalue weighted by atomic mass is 10.2. The first-order valence-electron chi connectivity index (χ1n) is 8.96. The van der Waals surface area contributed by atoms with Crippen molar-refractivity contribution in [1.82, 2.24) is 0 Å². The van der Waals surface area contributed by atoms with E-state index in [1.54, 1.807) is 30.3 Å². The predicted molar refractivity (Wildman–Crippen MR) is 108 cm³/mol. The number of nitro benzene ring substituents is 1. The molecule has 1 saturated heterocycles. The van der Waals surface area contributed by atoms with Crippen molar-refractivity contribution >= 4 is 33.2 Å². The molecule has 0 aliphatic carbocycles. The number of hydrogen-bond acceptors (Lipinski definition) is 9. The van der Waals surface area contributed by atoms with Crippen LogP contribution in [0.2, 0.25) is 0 Å². The molecule has 10 nitrogen and oxygen atoms in total. The number of carbonyl (C=O) groups excluding carboxylic acids is 2. The lowest BCUT2D eigenvalue weighted by Crippen LogP contribution is -2.42. The maximum absolute atomic E-state index is 12.8. The van der Waals surface area contributed by atoms with Crippen LogP contribution in [0.1, 0.15) is 19.4 Å². The summed E-state index contributed by atoms with van der Waals surface area (Å²) in [6.45, 7) is 2.77. The Kier molecular flexibility index (Phi) is 5.80. The number of nitrogens with one attached hydrogen (secondary N) is 1. The Balaban J connectivity index is 1.93. The fourth-order valence-electron chi connectivity index (χ4n) is 2.76. The maximum atomic E-state index is 12.8. The molecule has 0 atom stereocenters. The largest absolute Gasteiger partial charge is 0.419 e. The summed E-state index contributed by atoms with van der Waals surface area (Å²) in [6, 6.07) is 11.5. The molecule has 1 N–H and O–H groups in total. The first-order valence-corrected chi connectivity index (χ1v) is 10.6. The van der Waals surface area contributed by atoms with Crippen molar-refractivity contribution in [3.8, 4) is 0 Å². The number of ether oxygens (including phenoxy) is 2. The Labute approximate surface area is 177 Å². The van der Waals surface area contributed by atoms with Gasteiger partial charge in [0.1, 0.15) is 0 Å². The second-order valence-corrected chi connectivity index (χ2v) is 9.09. The number of non-ortho nitro benzene ring substituents is 1. The van der Waals surface area contributed by atoms with E-state index in [9.17, 15) is 28.1 Å². The van der Waals surface area contributed by atoms with Crippen molar-refractivity contribution < 1.29 is 32.4 Å². The number of carbonyl (C=O) groups is 2. The number of sulfone groups is 1. The van der Waals surface area contributed by atoms with Crippen molar-refractivity contribution in [2.75, 3.05) is 5.32 Å². The summed E-state index contributed by atoms with van der Waals surface area (Å²) in [7, 11) is -3.92. The minimum Gasteiger partial charge on any atom is -0.419 e. The highest BCUT2D eigenvalue weighted by Gasteiger charge is 2.39. The number of anilines is 1. The fourth-order valence-corrected chi connectivity index (χ4v) is 4.17. The van der Waals surface area contributed by atoms with Crippen LogP contribution in [0.25, 0.3) is 0 Å². The van der Waals surface area contributed by atoms with Crippen LogP contribution in [0.15, 0.2) is 65.2 Å². The first-order chi connectivity index (χ1) is 14.5. The van der Waals surface area contributed by atoms with Gasteiger partial charge >= 0.3 is 11.9 Å². The molecule has 162 valence electrons.